The monoisotopic (exact) mass is 207 g/mol. The second-order valence-corrected chi connectivity index (χ2v) is 3.49. The van der Waals surface area contributed by atoms with E-state index in [0.717, 1.165) is 18.5 Å². The lowest BCUT2D eigenvalue weighted by molar-refractivity contribution is -0.129. The topological polar surface area (TPSA) is 59.2 Å². The van der Waals surface area contributed by atoms with E-state index in [1.165, 1.54) is 0 Å². The molecule has 0 atom stereocenters. The molecule has 0 radical (unpaired) electrons. The molecule has 4 nitrogen and oxygen atoms in total. The van der Waals surface area contributed by atoms with E-state index >= 15 is 0 Å². The highest BCUT2D eigenvalue weighted by molar-refractivity contribution is 5.78. The number of nitrogens with zero attached hydrogens (tertiary/aromatic N) is 2. The Balaban J connectivity index is 2.42. The van der Waals surface area contributed by atoms with E-state index in [1.807, 2.05) is 12.1 Å². The Bertz CT molecular complexity index is 300. The molecule has 0 aliphatic heterocycles. The molecule has 0 aromatic carbocycles. The Kier molecular flexibility index (Phi) is 4.77. The number of amides is 1. The minimum absolute atomic E-state index is 0.120. The molecule has 1 amide bonds. The van der Waals surface area contributed by atoms with Crippen LogP contribution in [0.25, 0.3) is 0 Å². The van der Waals surface area contributed by atoms with Crippen LogP contribution in [-0.2, 0) is 11.2 Å². The zero-order chi connectivity index (χ0) is 11.1. The SMILES string of the molecule is CN(CCCN)C(=O)Cc1ccncc1. The Hall–Kier alpha value is -1.42. The molecule has 0 aliphatic rings. The van der Waals surface area contributed by atoms with Gasteiger partial charge in [-0.3, -0.25) is 9.78 Å². The molecule has 1 rings (SSSR count). The molecule has 0 spiro atoms. The van der Waals surface area contributed by atoms with Crippen LogP contribution in [0.2, 0.25) is 0 Å². The van der Waals surface area contributed by atoms with Gasteiger partial charge in [-0.25, -0.2) is 0 Å². The Morgan fingerprint density at radius 1 is 1.47 bits per heavy atom. The number of hydrogen-bond acceptors (Lipinski definition) is 3. The number of rotatable bonds is 5. The van der Waals surface area contributed by atoms with Gasteiger partial charge in [-0.2, -0.15) is 0 Å². The van der Waals surface area contributed by atoms with E-state index in [2.05, 4.69) is 4.98 Å². The first-order valence-corrected chi connectivity index (χ1v) is 5.07. The molecule has 0 saturated carbocycles. The maximum atomic E-state index is 11.7. The second-order valence-electron chi connectivity index (χ2n) is 3.49. The minimum atomic E-state index is 0.120. The molecule has 1 heterocycles. The molecule has 0 saturated heterocycles. The van der Waals surface area contributed by atoms with Crippen LogP contribution in [0.4, 0.5) is 0 Å². The molecule has 2 N–H and O–H groups in total. The summed E-state index contributed by atoms with van der Waals surface area (Å²) in [6.45, 7) is 1.34. The summed E-state index contributed by atoms with van der Waals surface area (Å²) in [5.41, 5.74) is 6.38. The fourth-order valence-electron chi connectivity index (χ4n) is 1.26. The van der Waals surface area contributed by atoms with Crippen LogP contribution in [0, 0.1) is 0 Å². The molecule has 4 heteroatoms. The largest absolute Gasteiger partial charge is 0.345 e. The molecule has 1 aromatic rings. The lowest BCUT2D eigenvalue weighted by Gasteiger charge is -2.16. The first-order chi connectivity index (χ1) is 7.24. The highest BCUT2D eigenvalue weighted by Crippen LogP contribution is 2.00. The van der Waals surface area contributed by atoms with Crippen molar-refractivity contribution in [3.05, 3.63) is 30.1 Å². The minimum Gasteiger partial charge on any atom is -0.345 e. The summed E-state index contributed by atoms with van der Waals surface area (Å²) in [6.07, 6.45) is 4.67. The third-order valence-corrected chi connectivity index (χ3v) is 2.23. The molecule has 0 unspecified atom stereocenters. The number of hydrogen-bond donors (Lipinski definition) is 1. The first-order valence-electron chi connectivity index (χ1n) is 5.07. The molecule has 15 heavy (non-hydrogen) atoms. The summed E-state index contributed by atoms with van der Waals surface area (Å²) in [7, 11) is 1.80. The number of aromatic nitrogens is 1. The van der Waals surface area contributed by atoms with Crippen LogP contribution in [0.3, 0.4) is 0 Å². The summed E-state index contributed by atoms with van der Waals surface area (Å²) in [4.78, 5) is 17.3. The van der Waals surface area contributed by atoms with Crippen molar-refractivity contribution in [1.82, 2.24) is 9.88 Å². The first kappa shape index (κ1) is 11.7. The number of likely N-dealkylation sites (N-methyl/N-ethyl adjacent to an activating group) is 1. The Labute approximate surface area is 90.1 Å². The fraction of sp³-hybridized carbons (Fsp3) is 0.455. The van der Waals surface area contributed by atoms with Crippen molar-refractivity contribution in [1.29, 1.82) is 0 Å². The smallest absolute Gasteiger partial charge is 0.226 e. The molecule has 0 aliphatic carbocycles. The number of nitrogens with two attached hydrogens (primary N) is 1. The van der Waals surface area contributed by atoms with Crippen molar-refractivity contribution < 1.29 is 4.79 Å². The van der Waals surface area contributed by atoms with E-state index in [0.29, 0.717) is 13.0 Å². The number of carbonyl (C=O) groups excluding carboxylic acids is 1. The standard InChI is InChI=1S/C11H17N3O/c1-14(8-2-5-12)11(15)9-10-3-6-13-7-4-10/h3-4,6-7H,2,5,8-9,12H2,1H3. The summed E-state index contributed by atoms with van der Waals surface area (Å²) >= 11 is 0. The summed E-state index contributed by atoms with van der Waals surface area (Å²) in [5, 5.41) is 0. The third-order valence-electron chi connectivity index (χ3n) is 2.23. The maximum absolute atomic E-state index is 11.7. The van der Waals surface area contributed by atoms with Gasteiger partial charge in [-0.05, 0) is 30.7 Å². The van der Waals surface area contributed by atoms with Crippen molar-refractivity contribution in [3.8, 4) is 0 Å². The Morgan fingerprint density at radius 3 is 2.73 bits per heavy atom. The average molecular weight is 207 g/mol. The second kappa shape index (κ2) is 6.14. The normalized spacial score (nSPS) is 10.0. The van der Waals surface area contributed by atoms with Crippen LogP contribution < -0.4 is 5.73 Å². The number of pyridine rings is 1. The lowest BCUT2D eigenvalue weighted by Crippen LogP contribution is -2.30. The molecule has 0 fully saturated rings. The lowest BCUT2D eigenvalue weighted by atomic mass is 10.2. The fourth-order valence-corrected chi connectivity index (χ4v) is 1.26. The highest BCUT2D eigenvalue weighted by atomic mass is 16.2. The van der Waals surface area contributed by atoms with E-state index in [-0.39, 0.29) is 5.91 Å². The molecule has 1 aromatic heterocycles. The van der Waals surface area contributed by atoms with Crippen LogP contribution in [0.1, 0.15) is 12.0 Å². The van der Waals surface area contributed by atoms with Gasteiger partial charge >= 0.3 is 0 Å². The van der Waals surface area contributed by atoms with E-state index in [9.17, 15) is 4.79 Å². The van der Waals surface area contributed by atoms with Gasteiger partial charge in [0.1, 0.15) is 0 Å². The quantitative estimate of drug-likeness (QED) is 0.761. The van der Waals surface area contributed by atoms with Crippen molar-refractivity contribution in [2.75, 3.05) is 20.1 Å². The molecule has 82 valence electrons. The predicted octanol–water partition coefficient (Wildman–Crippen LogP) is 0.431. The third kappa shape index (κ3) is 4.08. The van der Waals surface area contributed by atoms with Gasteiger partial charge in [-0.1, -0.05) is 0 Å². The van der Waals surface area contributed by atoms with Gasteiger partial charge < -0.3 is 10.6 Å². The maximum Gasteiger partial charge on any atom is 0.226 e. The van der Waals surface area contributed by atoms with Gasteiger partial charge in [0, 0.05) is 26.0 Å². The van der Waals surface area contributed by atoms with Crippen molar-refractivity contribution in [3.63, 3.8) is 0 Å². The summed E-state index contributed by atoms with van der Waals surface area (Å²) in [5.74, 6) is 0.120. The van der Waals surface area contributed by atoms with Crippen molar-refractivity contribution in [2.45, 2.75) is 12.8 Å². The van der Waals surface area contributed by atoms with Gasteiger partial charge in [-0.15, -0.1) is 0 Å². The van der Waals surface area contributed by atoms with E-state index < -0.39 is 0 Å². The van der Waals surface area contributed by atoms with Crippen molar-refractivity contribution >= 4 is 5.91 Å². The zero-order valence-corrected chi connectivity index (χ0v) is 9.02. The van der Waals surface area contributed by atoms with E-state index in [1.54, 1.807) is 24.3 Å². The van der Waals surface area contributed by atoms with Gasteiger partial charge in [0.2, 0.25) is 5.91 Å². The molecule has 0 bridgehead atoms. The van der Waals surface area contributed by atoms with Crippen molar-refractivity contribution in [2.24, 2.45) is 5.73 Å². The summed E-state index contributed by atoms with van der Waals surface area (Å²) in [6, 6.07) is 3.71. The average Bonchev–Trinajstić information content (AvgIpc) is 2.27. The Morgan fingerprint density at radius 2 is 2.13 bits per heavy atom. The summed E-state index contributed by atoms with van der Waals surface area (Å²) < 4.78 is 0. The van der Waals surface area contributed by atoms with Gasteiger partial charge in [0.25, 0.3) is 0 Å². The van der Waals surface area contributed by atoms with Crippen LogP contribution in [0.5, 0.6) is 0 Å². The number of carbonyl (C=O) groups is 1. The van der Waals surface area contributed by atoms with E-state index in [4.69, 9.17) is 5.73 Å². The predicted molar refractivity (Wildman–Crippen MR) is 59.2 cm³/mol. The van der Waals surface area contributed by atoms with Crippen LogP contribution in [0.15, 0.2) is 24.5 Å². The zero-order valence-electron chi connectivity index (χ0n) is 9.02. The van der Waals surface area contributed by atoms with Crippen LogP contribution in [-0.4, -0.2) is 35.9 Å². The van der Waals surface area contributed by atoms with Gasteiger partial charge in [0.05, 0.1) is 6.42 Å². The molecular formula is C11H17N3O. The van der Waals surface area contributed by atoms with Crippen LogP contribution >= 0.6 is 0 Å². The highest BCUT2D eigenvalue weighted by Gasteiger charge is 2.08. The van der Waals surface area contributed by atoms with Gasteiger partial charge in [0.15, 0.2) is 0 Å². The molecular weight excluding hydrogens is 190 g/mol.